The van der Waals surface area contributed by atoms with E-state index in [-0.39, 0.29) is 24.4 Å². The number of carboxylic acid groups (broad SMARTS) is 1. The van der Waals surface area contributed by atoms with E-state index in [1.807, 2.05) is 31.2 Å². The SMILES string of the molecule is CCN(C(=O)CCC(C(=O)O)N(c1ccc2oc3ccccc3c2c1)S(=O)O)N(C)C. The predicted molar refractivity (Wildman–Crippen MR) is 119 cm³/mol. The molecule has 31 heavy (non-hydrogen) atoms. The number of fused-ring (bicyclic) bond motifs is 3. The van der Waals surface area contributed by atoms with Gasteiger partial charge in [0.2, 0.25) is 5.91 Å². The van der Waals surface area contributed by atoms with Gasteiger partial charge in [-0.2, -0.15) is 0 Å². The lowest BCUT2D eigenvalue weighted by Crippen LogP contribution is -2.45. The molecule has 0 saturated carbocycles. The summed E-state index contributed by atoms with van der Waals surface area (Å²) >= 11 is -2.62. The van der Waals surface area contributed by atoms with E-state index < -0.39 is 23.3 Å². The number of carbonyl (C=O) groups excluding carboxylic acids is 1. The van der Waals surface area contributed by atoms with Crippen molar-refractivity contribution in [1.29, 1.82) is 0 Å². The molecule has 2 N–H and O–H groups in total. The van der Waals surface area contributed by atoms with Crippen LogP contribution in [-0.2, 0) is 20.9 Å². The number of hydrogen-bond acceptors (Lipinski definition) is 5. The first-order valence-corrected chi connectivity index (χ1v) is 10.8. The van der Waals surface area contributed by atoms with E-state index in [0.29, 0.717) is 23.1 Å². The van der Waals surface area contributed by atoms with Crippen LogP contribution in [0.5, 0.6) is 0 Å². The summed E-state index contributed by atoms with van der Waals surface area (Å²) in [7, 11) is 3.44. The van der Waals surface area contributed by atoms with Crippen LogP contribution in [0.4, 0.5) is 5.69 Å². The number of hydrogen-bond donors (Lipinski definition) is 2. The molecule has 2 aromatic carbocycles. The van der Waals surface area contributed by atoms with Gasteiger partial charge in [0.15, 0.2) is 0 Å². The zero-order valence-corrected chi connectivity index (χ0v) is 18.3. The highest BCUT2D eigenvalue weighted by atomic mass is 32.2. The number of para-hydroxylation sites is 1. The summed E-state index contributed by atoms with van der Waals surface area (Å²) in [4.78, 5) is 24.5. The molecular formula is C21H25N3O6S. The highest BCUT2D eigenvalue weighted by Crippen LogP contribution is 2.33. The Balaban J connectivity index is 1.94. The quantitative estimate of drug-likeness (QED) is 0.383. The average molecular weight is 448 g/mol. The van der Waals surface area contributed by atoms with Gasteiger partial charge in [-0.05, 0) is 37.6 Å². The van der Waals surface area contributed by atoms with E-state index in [1.165, 1.54) is 11.1 Å². The van der Waals surface area contributed by atoms with Crippen LogP contribution in [0.2, 0.25) is 0 Å². The van der Waals surface area contributed by atoms with E-state index in [1.54, 1.807) is 31.2 Å². The van der Waals surface area contributed by atoms with E-state index in [9.17, 15) is 23.5 Å². The number of rotatable bonds is 9. The molecule has 0 aliphatic rings. The second-order valence-electron chi connectivity index (χ2n) is 7.18. The molecule has 0 aliphatic carbocycles. The van der Waals surface area contributed by atoms with Crippen molar-refractivity contribution in [2.75, 3.05) is 24.9 Å². The topological polar surface area (TPSA) is 115 Å². The average Bonchev–Trinajstić information content (AvgIpc) is 3.08. The number of aliphatic carboxylic acids is 1. The van der Waals surface area contributed by atoms with Crippen molar-refractivity contribution in [3.63, 3.8) is 0 Å². The second kappa shape index (κ2) is 9.46. The normalized spacial score (nSPS) is 13.5. The molecule has 2 unspecified atom stereocenters. The van der Waals surface area contributed by atoms with Crippen molar-refractivity contribution in [2.45, 2.75) is 25.8 Å². The minimum atomic E-state index is -2.62. The van der Waals surface area contributed by atoms with E-state index in [0.717, 1.165) is 9.69 Å². The van der Waals surface area contributed by atoms with E-state index >= 15 is 0 Å². The van der Waals surface area contributed by atoms with Crippen LogP contribution >= 0.6 is 0 Å². The maximum atomic E-state index is 12.5. The maximum absolute atomic E-state index is 12.5. The lowest BCUT2D eigenvalue weighted by Gasteiger charge is -2.30. The zero-order chi connectivity index (χ0) is 22.7. The number of hydrazine groups is 1. The Morgan fingerprint density at radius 1 is 1.10 bits per heavy atom. The minimum Gasteiger partial charge on any atom is -0.480 e. The third-order valence-corrected chi connectivity index (χ3v) is 5.85. The molecular weight excluding hydrogens is 422 g/mol. The first kappa shape index (κ1) is 22.7. The third kappa shape index (κ3) is 4.71. The Bertz CT molecular complexity index is 1130. The van der Waals surface area contributed by atoms with Gasteiger partial charge < -0.3 is 9.52 Å². The van der Waals surface area contributed by atoms with Crippen molar-refractivity contribution in [3.05, 3.63) is 42.5 Å². The first-order chi connectivity index (χ1) is 14.7. The van der Waals surface area contributed by atoms with Crippen molar-refractivity contribution < 1.29 is 27.9 Å². The van der Waals surface area contributed by atoms with Crippen LogP contribution in [0.25, 0.3) is 21.9 Å². The van der Waals surface area contributed by atoms with Crippen LogP contribution in [0, 0.1) is 0 Å². The second-order valence-corrected chi connectivity index (χ2v) is 8.04. The fourth-order valence-corrected chi connectivity index (χ4v) is 4.35. The summed E-state index contributed by atoms with van der Waals surface area (Å²) in [5, 5.41) is 14.4. The van der Waals surface area contributed by atoms with Crippen LogP contribution < -0.4 is 4.31 Å². The summed E-state index contributed by atoms with van der Waals surface area (Å²) in [5.41, 5.74) is 1.50. The van der Waals surface area contributed by atoms with Crippen LogP contribution in [0.1, 0.15) is 19.8 Å². The third-order valence-electron chi connectivity index (χ3n) is 5.05. The molecule has 2 atom stereocenters. The molecule has 0 aliphatic heterocycles. The van der Waals surface area contributed by atoms with Gasteiger partial charge in [0.1, 0.15) is 17.2 Å². The molecule has 1 aromatic heterocycles. The predicted octanol–water partition coefficient (Wildman–Crippen LogP) is 3.09. The Morgan fingerprint density at radius 3 is 2.39 bits per heavy atom. The Kier molecular flexibility index (Phi) is 6.94. The number of carbonyl (C=O) groups is 2. The largest absolute Gasteiger partial charge is 0.480 e. The molecule has 10 heteroatoms. The number of nitrogens with zero attached hydrogens (tertiary/aromatic N) is 3. The smallest absolute Gasteiger partial charge is 0.327 e. The summed E-state index contributed by atoms with van der Waals surface area (Å²) in [6, 6.07) is 10.8. The molecule has 0 spiro atoms. The Morgan fingerprint density at radius 2 is 1.77 bits per heavy atom. The van der Waals surface area contributed by atoms with Crippen molar-refractivity contribution >= 4 is 50.8 Å². The van der Waals surface area contributed by atoms with Gasteiger partial charge in [-0.25, -0.2) is 14.0 Å². The Hall–Kier alpha value is -2.95. The standard InChI is InChI=1S/C21H25N3O6S/c1-4-23(22(2)3)20(25)12-10-17(21(26)27)24(31(28)29)14-9-11-19-16(13-14)15-7-5-6-8-18(15)30-19/h5-9,11,13,17H,4,10,12H2,1-3H3,(H,26,27)(H,28,29). The molecule has 3 rings (SSSR count). The molecule has 9 nitrogen and oxygen atoms in total. The maximum Gasteiger partial charge on any atom is 0.327 e. The Labute approximate surface area is 182 Å². The number of carboxylic acids is 1. The number of anilines is 1. The molecule has 1 amide bonds. The van der Waals surface area contributed by atoms with Gasteiger partial charge in [-0.3, -0.25) is 18.7 Å². The molecule has 0 bridgehead atoms. The van der Waals surface area contributed by atoms with Crippen molar-refractivity contribution in [3.8, 4) is 0 Å². The molecule has 166 valence electrons. The molecule has 0 saturated heterocycles. The van der Waals surface area contributed by atoms with Crippen molar-refractivity contribution in [1.82, 2.24) is 10.0 Å². The summed E-state index contributed by atoms with van der Waals surface area (Å²) in [5.74, 6) is -1.56. The summed E-state index contributed by atoms with van der Waals surface area (Å²) in [6.45, 7) is 2.25. The van der Waals surface area contributed by atoms with Gasteiger partial charge in [-0.15, -0.1) is 0 Å². The van der Waals surface area contributed by atoms with Crippen LogP contribution in [-0.4, -0.2) is 62.4 Å². The highest BCUT2D eigenvalue weighted by Gasteiger charge is 2.31. The van der Waals surface area contributed by atoms with E-state index in [2.05, 4.69) is 0 Å². The molecule has 0 radical (unpaired) electrons. The number of furan rings is 1. The highest BCUT2D eigenvalue weighted by molar-refractivity contribution is 7.80. The number of benzene rings is 2. The van der Waals surface area contributed by atoms with Gasteiger partial charge >= 0.3 is 5.97 Å². The minimum absolute atomic E-state index is 0.0897. The zero-order valence-electron chi connectivity index (χ0n) is 17.5. The number of amides is 1. The fourth-order valence-electron chi connectivity index (χ4n) is 3.64. The fraction of sp³-hybridized carbons (Fsp3) is 0.333. The lowest BCUT2D eigenvalue weighted by molar-refractivity contribution is -0.144. The van der Waals surface area contributed by atoms with Gasteiger partial charge in [0.25, 0.3) is 11.3 Å². The monoisotopic (exact) mass is 447 g/mol. The first-order valence-electron chi connectivity index (χ1n) is 9.76. The summed E-state index contributed by atoms with van der Waals surface area (Å²) in [6.07, 6.45) is -0.220. The lowest BCUT2D eigenvalue weighted by atomic mass is 10.1. The van der Waals surface area contributed by atoms with Crippen molar-refractivity contribution in [2.24, 2.45) is 0 Å². The van der Waals surface area contributed by atoms with Crippen LogP contribution in [0.3, 0.4) is 0 Å². The van der Waals surface area contributed by atoms with Gasteiger partial charge in [0, 0.05) is 37.8 Å². The van der Waals surface area contributed by atoms with Crippen LogP contribution in [0.15, 0.2) is 46.9 Å². The molecule has 0 fully saturated rings. The van der Waals surface area contributed by atoms with E-state index in [4.69, 9.17) is 4.42 Å². The molecule has 1 heterocycles. The summed E-state index contributed by atoms with van der Waals surface area (Å²) < 4.78 is 28.8. The molecule has 3 aromatic rings. The van der Waals surface area contributed by atoms with Gasteiger partial charge in [0.05, 0.1) is 5.69 Å². The van der Waals surface area contributed by atoms with Gasteiger partial charge in [-0.1, -0.05) is 18.2 Å².